The van der Waals surface area contributed by atoms with Gasteiger partial charge in [0.05, 0.1) is 28.5 Å². The average Bonchev–Trinajstić information content (AvgIpc) is 3.10. The van der Waals surface area contributed by atoms with Gasteiger partial charge in [-0.1, -0.05) is 23.6 Å². The summed E-state index contributed by atoms with van der Waals surface area (Å²) in [6.45, 7) is 0. The predicted octanol–water partition coefficient (Wildman–Crippen LogP) is 4.79. The fourth-order valence-corrected chi connectivity index (χ4v) is 3.82. The van der Waals surface area contributed by atoms with Gasteiger partial charge < -0.3 is 5.73 Å². The third-order valence-corrected chi connectivity index (χ3v) is 5.27. The minimum Gasteiger partial charge on any atom is -0.322 e. The van der Waals surface area contributed by atoms with Crippen molar-refractivity contribution < 1.29 is 8.78 Å². The molecule has 4 rings (SSSR count). The number of nitrogens with two attached hydrogens (primary N) is 1. The van der Waals surface area contributed by atoms with Crippen molar-refractivity contribution in [3.05, 3.63) is 82.3 Å². The summed E-state index contributed by atoms with van der Waals surface area (Å²) in [5.41, 5.74) is 10.2. The van der Waals surface area contributed by atoms with Crippen LogP contribution in [0.25, 0.3) is 22.0 Å². The SMILES string of the molecule is C#Cc1ccc(-c2ccc(Cl)c3cnn(C)c23)c(C(N)Cc2cc(F)cc(F)c2)n1. The number of nitrogens with zero attached hydrogens (tertiary/aromatic N) is 3. The molecule has 0 aliphatic carbocycles. The zero-order chi connectivity index (χ0) is 21.4. The van der Waals surface area contributed by atoms with E-state index in [1.165, 1.54) is 12.1 Å². The minimum absolute atomic E-state index is 0.185. The molecule has 2 heterocycles. The first kappa shape index (κ1) is 20.0. The Bertz CT molecular complexity index is 1290. The Labute approximate surface area is 177 Å². The van der Waals surface area contributed by atoms with Crippen LogP contribution in [0.5, 0.6) is 0 Å². The van der Waals surface area contributed by atoms with Gasteiger partial charge in [-0.2, -0.15) is 5.10 Å². The monoisotopic (exact) mass is 422 g/mol. The van der Waals surface area contributed by atoms with Crippen molar-refractivity contribution in [1.29, 1.82) is 0 Å². The number of pyridine rings is 1. The van der Waals surface area contributed by atoms with Crippen LogP contribution in [0.3, 0.4) is 0 Å². The molecule has 0 aliphatic rings. The van der Waals surface area contributed by atoms with Crippen molar-refractivity contribution in [1.82, 2.24) is 14.8 Å². The number of rotatable bonds is 4. The molecular weight excluding hydrogens is 406 g/mol. The summed E-state index contributed by atoms with van der Waals surface area (Å²) in [4.78, 5) is 4.54. The predicted molar refractivity (Wildman–Crippen MR) is 114 cm³/mol. The topological polar surface area (TPSA) is 56.7 Å². The molecule has 2 aromatic heterocycles. The van der Waals surface area contributed by atoms with Crippen molar-refractivity contribution >= 4 is 22.5 Å². The summed E-state index contributed by atoms with van der Waals surface area (Å²) in [6.07, 6.45) is 7.41. The molecule has 0 saturated carbocycles. The summed E-state index contributed by atoms with van der Waals surface area (Å²) in [5, 5.41) is 5.68. The lowest BCUT2D eigenvalue weighted by Gasteiger charge is -2.18. The van der Waals surface area contributed by atoms with Crippen LogP contribution >= 0.6 is 11.6 Å². The molecule has 7 heteroatoms. The fourth-order valence-electron chi connectivity index (χ4n) is 3.62. The highest BCUT2D eigenvalue weighted by Gasteiger charge is 2.20. The zero-order valence-electron chi connectivity index (χ0n) is 16.0. The van der Waals surface area contributed by atoms with Crippen LogP contribution in [-0.2, 0) is 13.5 Å². The van der Waals surface area contributed by atoms with Crippen LogP contribution in [0, 0.1) is 24.0 Å². The molecule has 4 nitrogen and oxygen atoms in total. The Morgan fingerprint density at radius 2 is 1.83 bits per heavy atom. The van der Waals surface area contributed by atoms with E-state index < -0.39 is 17.7 Å². The maximum Gasteiger partial charge on any atom is 0.126 e. The highest BCUT2D eigenvalue weighted by molar-refractivity contribution is 6.35. The molecule has 30 heavy (non-hydrogen) atoms. The van der Waals surface area contributed by atoms with Crippen molar-refractivity contribution in [2.24, 2.45) is 12.8 Å². The van der Waals surface area contributed by atoms with E-state index in [-0.39, 0.29) is 6.42 Å². The highest BCUT2D eigenvalue weighted by atomic mass is 35.5. The van der Waals surface area contributed by atoms with E-state index in [4.69, 9.17) is 23.8 Å². The summed E-state index contributed by atoms with van der Waals surface area (Å²) in [6, 6.07) is 9.93. The van der Waals surface area contributed by atoms with Crippen molar-refractivity contribution in [2.45, 2.75) is 12.5 Å². The largest absolute Gasteiger partial charge is 0.322 e. The van der Waals surface area contributed by atoms with Crippen LogP contribution < -0.4 is 5.73 Å². The first-order valence-corrected chi connectivity index (χ1v) is 9.54. The molecule has 1 unspecified atom stereocenters. The maximum atomic E-state index is 13.6. The second-order valence-corrected chi connectivity index (χ2v) is 7.39. The van der Waals surface area contributed by atoms with Gasteiger partial charge in [-0.3, -0.25) is 4.68 Å². The molecule has 0 spiro atoms. The molecule has 1 atom stereocenters. The Balaban J connectivity index is 1.86. The third kappa shape index (κ3) is 3.65. The van der Waals surface area contributed by atoms with Crippen LogP contribution in [0.2, 0.25) is 5.02 Å². The summed E-state index contributed by atoms with van der Waals surface area (Å²) in [5.74, 6) is 1.20. The number of hydrogen-bond acceptors (Lipinski definition) is 3. The van der Waals surface area contributed by atoms with Crippen molar-refractivity contribution in [3.63, 3.8) is 0 Å². The van der Waals surface area contributed by atoms with Crippen molar-refractivity contribution in [3.8, 4) is 23.5 Å². The first-order valence-electron chi connectivity index (χ1n) is 9.16. The minimum atomic E-state index is -0.656. The van der Waals surface area contributed by atoms with Crippen molar-refractivity contribution in [2.75, 3.05) is 0 Å². The summed E-state index contributed by atoms with van der Waals surface area (Å²) in [7, 11) is 1.82. The molecule has 0 bridgehead atoms. The maximum absolute atomic E-state index is 13.6. The smallest absolute Gasteiger partial charge is 0.126 e. The average molecular weight is 423 g/mol. The molecule has 2 N–H and O–H groups in total. The quantitative estimate of drug-likeness (QED) is 0.481. The Morgan fingerprint density at radius 1 is 1.13 bits per heavy atom. The lowest BCUT2D eigenvalue weighted by Crippen LogP contribution is -2.17. The number of terminal acetylenes is 1. The van der Waals surface area contributed by atoms with E-state index in [9.17, 15) is 8.78 Å². The Morgan fingerprint density at radius 3 is 2.53 bits per heavy atom. The molecule has 0 amide bonds. The van der Waals surface area contributed by atoms with E-state index in [1.807, 2.05) is 19.2 Å². The van der Waals surface area contributed by atoms with Gasteiger partial charge in [0.15, 0.2) is 0 Å². The summed E-state index contributed by atoms with van der Waals surface area (Å²) >= 11 is 6.33. The first-order chi connectivity index (χ1) is 14.4. The van der Waals surface area contributed by atoms with Gasteiger partial charge in [0.2, 0.25) is 0 Å². The molecule has 0 saturated heterocycles. The van der Waals surface area contributed by atoms with Gasteiger partial charge in [-0.25, -0.2) is 13.8 Å². The number of fused-ring (bicyclic) bond motifs is 1. The molecule has 0 aliphatic heterocycles. The van der Waals surface area contributed by atoms with E-state index in [1.54, 1.807) is 23.0 Å². The second-order valence-electron chi connectivity index (χ2n) is 6.99. The molecule has 2 aromatic carbocycles. The fraction of sp³-hybridized carbons (Fsp3) is 0.130. The molecule has 150 valence electrons. The van der Waals surface area contributed by atoms with Crippen LogP contribution in [-0.4, -0.2) is 14.8 Å². The van der Waals surface area contributed by atoms with E-state index in [0.717, 1.165) is 28.1 Å². The van der Waals surface area contributed by atoms with Gasteiger partial charge in [-0.05, 0) is 42.3 Å². The number of hydrogen-bond donors (Lipinski definition) is 1. The van der Waals surface area contributed by atoms with E-state index in [0.29, 0.717) is 22.0 Å². The normalized spacial score (nSPS) is 12.1. The highest BCUT2D eigenvalue weighted by Crippen LogP contribution is 2.36. The lowest BCUT2D eigenvalue weighted by atomic mass is 9.94. The van der Waals surface area contributed by atoms with Crippen LogP contribution in [0.1, 0.15) is 23.0 Å². The Kier molecular flexibility index (Phi) is 5.25. The Hall–Kier alpha value is -3.27. The lowest BCUT2D eigenvalue weighted by molar-refractivity contribution is 0.575. The third-order valence-electron chi connectivity index (χ3n) is 4.94. The van der Waals surface area contributed by atoms with Gasteiger partial charge in [0, 0.05) is 29.6 Å². The van der Waals surface area contributed by atoms with Gasteiger partial charge in [0.25, 0.3) is 0 Å². The molecule has 0 radical (unpaired) electrons. The number of aryl methyl sites for hydroxylation is 1. The van der Waals surface area contributed by atoms with Gasteiger partial charge in [0.1, 0.15) is 17.3 Å². The number of aromatic nitrogens is 3. The standard InChI is InChI=1S/C23H17ClF2N4/c1-3-16-4-5-17(18-6-7-20(24)19-12-28-30(2)23(18)19)22(29-16)21(27)10-13-8-14(25)11-15(26)9-13/h1,4-9,11-12,21H,10,27H2,2H3. The van der Waals surface area contributed by atoms with Gasteiger partial charge in [-0.15, -0.1) is 6.42 Å². The second kappa shape index (κ2) is 7.86. The van der Waals surface area contributed by atoms with Crippen LogP contribution in [0.4, 0.5) is 8.78 Å². The number of benzene rings is 2. The molecular formula is C23H17ClF2N4. The zero-order valence-corrected chi connectivity index (χ0v) is 16.8. The van der Waals surface area contributed by atoms with E-state index >= 15 is 0 Å². The molecule has 4 aromatic rings. The summed E-state index contributed by atoms with van der Waals surface area (Å²) < 4.78 is 29.0. The van der Waals surface area contributed by atoms with Crippen LogP contribution in [0.15, 0.2) is 48.7 Å². The molecule has 0 fully saturated rings. The number of halogens is 3. The van der Waals surface area contributed by atoms with Gasteiger partial charge >= 0.3 is 0 Å². The van der Waals surface area contributed by atoms with E-state index in [2.05, 4.69) is 16.0 Å².